The van der Waals surface area contributed by atoms with Crippen molar-refractivity contribution in [3.05, 3.63) is 101 Å². The zero-order valence-electron chi connectivity index (χ0n) is 19.3. The molecule has 2 aliphatic rings. The van der Waals surface area contributed by atoms with Crippen LogP contribution in [0.25, 0.3) is 21.9 Å². The van der Waals surface area contributed by atoms with E-state index in [9.17, 15) is 4.79 Å². The second-order valence-corrected chi connectivity index (χ2v) is 9.27. The van der Waals surface area contributed by atoms with Gasteiger partial charge in [-0.1, -0.05) is 48.5 Å². The van der Waals surface area contributed by atoms with E-state index in [0.717, 1.165) is 62.5 Å². The first-order valence-electron chi connectivity index (χ1n) is 11.9. The lowest BCUT2D eigenvalue weighted by Gasteiger charge is -2.36. The first-order chi connectivity index (χ1) is 17.2. The lowest BCUT2D eigenvalue weighted by molar-refractivity contribution is -0.116. The molecule has 0 radical (unpaired) electrons. The lowest BCUT2D eigenvalue weighted by Crippen LogP contribution is -2.33. The molecule has 2 N–H and O–H groups in total. The van der Waals surface area contributed by atoms with Crippen LogP contribution in [-0.2, 0) is 4.79 Å². The normalized spacial score (nSPS) is 19.5. The Morgan fingerprint density at radius 2 is 1.74 bits per heavy atom. The molecule has 0 unspecified atom stereocenters. The number of hydrogen-bond acceptors (Lipinski definition) is 4. The van der Waals surface area contributed by atoms with Crippen LogP contribution in [0.5, 0.6) is 5.75 Å². The number of ketones is 1. The standard InChI is InChI=1S/C29H24N4O2/c1-35-26-13-7-3-8-18(26)17-14-23-27(25(34)15-17)28(20-16-30-21-10-4-2-9-19(20)21)33-24-12-6-5-11-22(24)31-29(33)32-23/h2-13,16-17,28,30H,14-15H2,1H3,(H,31,32)/t17-,28+/m0/s1. The van der Waals surface area contributed by atoms with E-state index in [0.29, 0.717) is 6.42 Å². The largest absolute Gasteiger partial charge is 0.496 e. The van der Waals surface area contributed by atoms with Gasteiger partial charge >= 0.3 is 0 Å². The molecule has 5 aromatic rings. The summed E-state index contributed by atoms with van der Waals surface area (Å²) in [7, 11) is 1.68. The van der Waals surface area contributed by atoms with Gasteiger partial charge in [-0.3, -0.25) is 9.36 Å². The van der Waals surface area contributed by atoms with Crippen LogP contribution in [0.15, 0.2) is 90.3 Å². The van der Waals surface area contributed by atoms with Gasteiger partial charge in [0.05, 0.1) is 24.2 Å². The van der Waals surface area contributed by atoms with Crippen molar-refractivity contribution in [2.24, 2.45) is 0 Å². The number of Topliss-reactive ketones (excluding diaryl/α,β-unsaturated/α-hetero) is 1. The zero-order valence-corrected chi connectivity index (χ0v) is 19.3. The van der Waals surface area contributed by atoms with Gasteiger partial charge in [-0.2, -0.15) is 0 Å². The van der Waals surface area contributed by atoms with Gasteiger partial charge in [-0.15, -0.1) is 0 Å². The first kappa shape index (κ1) is 20.1. The molecule has 1 aliphatic heterocycles. The van der Waals surface area contributed by atoms with E-state index in [4.69, 9.17) is 9.72 Å². The number of ether oxygens (including phenoxy) is 1. The van der Waals surface area contributed by atoms with Gasteiger partial charge < -0.3 is 15.0 Å². The van der Waals surface area contributed by atoms with Crippen LogP contribution < -0.4 is 10.1 Å². The summed E-state index contributed by atoms with van der Waals surface area (Å²) in [6.07, 6.45) is 3.22. The van der Waals surface area contributed by atoms with Crippen molar-refractivity contribution >= 4 is 33.7 Å². The topological polar surface area (TPSA) is 71.9 Å². The highest BCUT2D eigenvalue weighted by atomic mass is 16.5. The Kier molecular flexibility index (Phi) is 4.36. The van der Waals surface area contributed by atoms with E-state index in [1.165, 1.54) is 0 Å². The summed E-state index contributed by atoms with van der Waals surface area (Å²) in [5, 5.41) is 4.68. The quantitative estimate of drug-likeness (QED) is 0.349. The molecule has 2 atom stereocenters. The van der Waals surface area contributed by atoms with Gasteiger partial charge in [0.25, 0.3) is 0 Å². The highest BCUT2D eigenvalue weighted by Crippen LogP contribution is 2.48. The number of aromatic nitrogens is 3. The number of benzene rings is 3. The third kappa shape index (κ3) is 2.96. The first-order valence-corrected chi connectivity index (χ1v) is 11.9. The highest BCUT2D eigenvalue weighted by Gasteiger charge is 2.40. The summed E-state index contributed by atoms with van der Waals surface area (Å²) in [6.45, 7) is 0. The number of anilines is 1. The average molecular weight is 461 g/mol. The Morgan fingerprint density at radius 3 is 2.66 bits per heavy atom. The van der Waals surface area contributed by atoms with Gasteiger partial charge in [-0.25, -0.2) is 4.98 Å². The summed E-state index contributed by atoms with van der Waals surface area (Å²) >= 11 is 0. The molecule has 0 bridgehead atoms. The van der Waals surface area contributed by atoms with Gasteiger partial charge in [0, 0.05) is 46.3 Å². The van der Waals surface area contributed by atoms with E-state index in [1.54, 1.807) is 7.11 Å². The minimum absolute atomic E-state index is 0.0458. The highest BCUT2D eigenvalue weighted by molar-refractivity contribution is 6.02. The molecule has 2 aromatic heterocycles. The van der Waals surface area contributed by atoms with Crippen LogP contribution in [0.3, 0.4) is 0 Å². The molecule has 35 heavy (non-hydrogen) atoms. The van der Waals surface area contributed by atoms with Crippen LogP contribution in [0.4, 0.5) is 5.95 Å². The summed E-state index contributed by atoms with van der Waals surface area (Å²) in [6, 6.07) is 24.1. The van der Waals surface area contributed by atoms with Crippen LogP contribution in [0, 0.1) is 0 Å². The van der Waals surface area contributed by atoms with Gasteiger partial charge in [0.1, 0.15) is 5.75 Å². The molecule has 1 aliphatic carbocycles. The van der Waals surface area contributed by atoms with Crippen molar-refractivity contribution in [1.29, 1.82) is 0 Å². The maximum Gasteiger partial charge on any atom is 0.209 e. The molecular weight excluding hydrogens is 436 g/mol. The number of imidazole rings is 1. The Bertz CT molecular complexity index is 1660. The second-order valence-electron chi connectivity index (χ2n) is 9.27. The fraction of sp³-hybridized carbons (Fsp3) is 0.172. The molecule has 3 heterocycles. The third-order valence-electron chi connectivity index (χ3n) is 7.39. The number of nitrogens with one attached hydrogen (secondary N) is 2. The second kappa shape index (κ2) is 7.60. The van der Waals surface area contributed by atoms with Crippen LogP contribution in [0.1, 0.15) is 35.9 Å². The average Bonchev–Trinajstić information content (AvgIpc) is 3.48. The number of H-pyrrole nitrogens is 1. The van der Waals surface area contributed by atoms with Crippen LogP contribution in [-0.4, -0.2) is 27.4 Å². The maximum atomic E-state index is 13.9. The number of hydrogen-bond donors (Lipinski definition) is 2. The predicted octanol–water partition coefficient (Wildman–Crippen LogP) is 5.94. The molecule has 0 spiro atoms. The van der Waals surface area contributed by atoms with E-state index in [1.807, 2.05) is 54.7 Å². The molecule has 0 saturated heterocycles. The molecule has 0 fully saturated rings. The van der Waals surface area contributed by atoms with E-state index in [2.05, 4.69) is 39.1 Å². The monoisotopic (exact) mass is 460 g/mol. The van der Waals surface area contributed by atoms with Crippen molar-refractivity contribution in [3.8, 4) is 5.75 Å². The number of aromatic amines is 1. The van der Waals surface area contributed by atoms with Crippen LogP contribution >= 0.6 is 0 Å². The fourth-order valence-electron chi connectivity index (χ4n) is 5.86. The number of allylic oxidation sites excluding steroid dienone is 2. The maximum absolute atomic E-state index is 13.9. The number of rotatable bonds is 3. The van der Waals surface area contributed by atoms with Gasteiger partial charge in [0.2, 0.25) is 5.95 Å². The number of methoxy groups -OCH3 is 1. The van der Waals surface area contributed by atoms with Crippen molar-refractivity contribution in [2.75, 3.05) is 12.4 Å². The number of fused-ring (bicyclic) bond motifs is 4. The molecule has 6 heteroatoms. The number of para-hydroxylation sites is 4. The molecule has 0 saturated carbocycles. The zero-order chi connectivity index (χ0) is 23.5. The third-order valence-corrected chi connectivity index (χ3v) is 7.39. The van der Waals surface area contributed by atoms with Crippen molar-refractivity contribution in [3.63, 3.8) is 0 Å². The smallest absolute Gasteiger partial charge is 0.209 e. The molecule has 172 valence electrons. The molecule has 6 nitrogen and oxygen atoms in total. The number of carbonyl (C=O) groups excluding carboxylic acids is 1. The molecule has 3 aromatic carbocycles. The van der Waals surface area contributed by atoms with Gasteiger partial charge in [0.15, 0.2) is 5.78 Å². The Labute approximate surface area is 202 Å². The minimum Gasteiger partial charge on any atom is -0.496 e. The van der Waals surface area contributed by atoms with Gasteiger partial charge in [-0.05, 0) is 36.2 Å². The van der Waals surface area contributed by atoms with Crippen molar-refractivity contribution in [1.82, 2.24) is 14.5 Å². The van der Waals surface area contributed by atoms with E-state index >= 15 is 0 Å². The molecular formula is C29H24N4O2. The summed E-state index contributed by atoms with van der Waals surface area (Å²) < 4.78 is 7.81. The minimum atomic E-state index is -0.254. The molecule has 7 rings (SSSR count). The van der Waals surface area contributed by atoms with Crippen molar-refractivity contribution < 1.29 is 9.53 Å². The summed E-state index contributed by atoms with van der Waals surface area (Å²) in [4.78, 5) is 22.3. The van der Waals surface area contributed by atoms with Crippen molar-refractivity contribution in [2.45, 2.75) is 24.8 Å². The SMILES string of the molecule is COc1ccccc1[C@@H]1CC(=O)C2=C(C1)Nc1nc3ccccc3n1[C@@H]2c1c[nH]c2ccccc12. The fourth-order valence-corrected chi connectivity index (χ4v) is 5.86. The predicted molar refractivity (Wildman–Crippen MR) is 137 cm³/mol. The number of nitrogens with zero attached hydrogens (tertiary/aromatic N) is 2. The molecule has 0 amide bonds. The number of carbonyl (C=O) groups is 1. The Hall–Kier alpha value is -4.32. The summed E-state index contributed by atoms with van der Waals surface area (Å²) in [5.41, 5.74) is 6.92. The summed E-state index contributed by atoms with van der Waals surface area (Å²) in [5.74, 6) is 1.80. The Balaban J connectivity index is 1.44. The van der Waals surface area contributed by atoms with E-state index in [-0.39, 0.29) is 17.7 Å². The lowest BCUT2D eigenvalue weighted by atomic mass is 9.77. The van der Waals surface area contributed by atoms with Crippen LogP contribution in [0.2, 0.25) is 0 Å². The Morgan fingerprint density at radius 1 is 0.943 bits per heavy atom. The van der Waals surface area contributed by atoms with E-state index < -0.39 is 0 Å².